The van der Waals surface area contributed by atoms with Gasteiger partial charge in [-0.25, -0.2) is 4.79 Å². The minimum absolute atomic E-state index is 0.245. The van der Waals surface area contributed by atoms with Crippen LogP contribution < -0.4 is 5.43 Å². The number of rotatable bonds is 2. The molecule has 0 bridgehead atoms. The number of pyridine rings is 1. The summed E-state index contributed by atoms with van der Waals surface area (Å²) in [5.41, 5.74) is 1.76. The van der Waals surface area contributed by atoms with E-state index in [1.807, 2.05) is 42.1 Å². The summed E-state index contributed by atoms with van der Waals surface area (Å²) in [6.07, 6.45) is 5.07. The van der Waals surface area contributed by atoms with Crippen molar-refractivity contribution in [1.82, 2.24) is 9.55 Å². The maximum Gasteiger partial charge on any atom is 0.341 e. The van der Waals surface area contributed by atoms with E-state index in [0.717, 1.165) is 11.3 Å². The Bertz CT molecular complexity index is 861. The minimum atomic E-state index is -1.22. The van der Waals surface area contributed by atoms with Crippen LogP contribution in [0.1, 0.15) is 15.9 Å². The second-order valence-corrected chi connectivity index (χ2v) is 4.61. The number of carbonyl (C=O) groups is 1. The van der Waals surface area contributed by atoms with Crippen molar-refractivity contribution in [3.05, 3.63) is 64.2 Å². The highest BCUT2D eigenvalue weighted by Crippen LogP contribution is 2.20. The number of hydrogen-bond donors (Lipinski definition) is 2. The minimum Gasteiger partial charge on any atom is -0.477 e. The summed E-state index contributed by atoms with van der Waals surface area (Å²) in [6, 6.07) is 7.40. The van der Waals surface area contributed by atoms with Gasteiger partial charge in [0.25, 0.3) is 0 Å². The van der Waals surface area contributed by atoms with Gasteiger partial charge in [0.2, 0.25) is 5.43 Å². The Morgan fingerprint density at radius 2 is 1.95 bits per heavy atom. The van der Waals surface area contributed by atoms with Crippen LogP contribution in [0.3, 0.4) is 0 Å². The maximum atomic E-state index is 12.1. The second-order valence-electron chi connectivity index (χ2n) is 4.61. The largest absolute Gasteiger partial charge is 0.477 e. The highest BCUT2D eigenvalue weighted by Gasteiger charge is 2.13. The van der Waals surface area contributed by atoms with Crippen molar-refractivity contribution in [2.24, 2.45) is 0 Å². The van der Waals surface area contributed by atoms with E-state index in [9.17, 15) is 9.59 Å². The first-order chi connectivity index (χ1) is 9.58. The summed E-state index contributed by atoms with van der Waals surface area (Å²) in [5.74, 6) is -1.22. The molecule has 0 amide bonds. The monoisotopic (exact) mass is 268 g/mol. The Morgan fingerprint density at radius 1 is 1.25 bits per heavy atom. The second kappa shape index (κ2) is 4.38. The fourth-order valence-electron chi connectivity index (χ4n) is 2.30. The summed E-state index contributed by atoms with van der Waals surface area (Å²) in [4.78, 5) is 26.0. The van der Waals surface area contributed by atoms with E-state index in [1.165, 1.54) is 6.20 Å². The average molecular weight is 268 g/mol. The SMILES string of the molecule is Cc1cc2c(=O)c(C(=O)O)c[nH]c2cc1-n1cccc1. The topological polar surface area (TPSA) is 75.1 Å². The lowest BCUT2D eigenvalue weighted by Gasteiger charge is -2.09. The molecule has 0 spiro atoms. The molecule has 5 nitrogen and oxygen atoms in total. The number of carboxylic acid groups (broad SMARTS) is 1. The molecule has 2 heterocycles. The molecule has 3 rings (SSSR count). The van der Waals surface area contributed by atoms with Gasteiger partial charge in [0.05, 0.1) is 5.52 Å². The third-order valence-corrected chi connectivity index (χ3v) is 3.31. The molecular weight excluding hydrogens is 256 g/mol. The zero-order valence-electron chi connectivity index (χ0n) is 10.8. The normalized spacial score (nSPS) is 10.8. The number of H-pyrrole nitrogens is 1. The van der Waals surface area contributed by atoms with Gasteiger partial charge in [0, 0.05) is 29.7 Å². The smallest absolute Gasteiger partial charge is 0.341 e. The lowest BCUT2D eigenvalue weighted by molar-refractivity contribution is 0.0695. The van der Waals surface area contributed by atoms with E-state index >= 15 is 0 Å². The van der Waals surface area contributed by atoms with Crippen LogP contribution in [0.4, 0.5) is 0 Å². The molecule has 20 heavy (non-hydrogen) atoms. The molecule has 0 aliphatic carbocycles. The zero-order valence-corrected chi connectivity index (χ0v) is 10.8. The lowest BCUT2D eigenvalue weighted by Crippen LogP contribution is -2.15. The highest BCUT2D eigenvalue weighted by atomic mass is 16.4. The highest BCUT2D eigenvalue weighted by molar-refractivity contribution is 5.93. The van der Waals surface area contributed by atoms with Gasteiger partial charge in [-0.1, -0.05) is 0 Å². The first kappa shape index (κ1) is 12.2. The van der Waals surface area contributed by atoms with E-state index in [0.29, 0.717) is 10.9 Å². The summed E-state index contributed by atoms with van der Waals surface area (Å²) in [7, 11) is 0. The number of nitrogens with one attached hydrogen (secondary N) is 1. The Hall–Kier alpha value is -2.82. The van der Waals surface area contributed by atoms with Crippen molar-refractivity contribution in [1.29, 1.82) is 0 Å². The predicted molar refractivity (Wildman–Crippen MR) is 75.6 cm³/mol. The zero-order chi connectivity index (χ0) is 14.3. The lowest BCUT2D eigenvalue weighted by atomic mass is 10.1. The molecule has 2 aromatic heterocycles. The first-order valence-corrected chi connectivity index (χ1v) is 6.10. The molecule has 0 fully saturated rings. The van der Waals surface area contributed by atoms with Crippen molar-refractivity contribution < 1.29 is 9.90 Å². The van der Waals surface area contributed by atoms with Crippen LogP contribution in [-0.4, -0.2) is 20.6 Å². The van der Waals surface area contributed by atoms with Crippen molar-refractivity contribution in [3.8, 4) is 5.69 Å². The van der Waals surface area contributed by atoms with Crippen molar-refractivity contribution in [2.75, 3.05) is 0 Å². The van der Waals surface area contributed by atoms with Gasteiger partial charge < -0.3 is 14.7 Å². The molecule has 0 saturated carbocycles. The number of aromatic nitrogens is 2. The van der Waals surface area contributed by atoms with Crippen LogP contribution in [-0.2, 0) is 0 Å². The van der Waals surface area contributed by atoms with Gasteiger partial charge >= 0.3 is 5.97 Å². The van der Waals surface area contributed by atoms with Crippen molar-refractivity contribution in [2.45, 2.75) is 6.92 Å². The number of aryl methyl sites for hydroxylation is 1. The number of benzene rings is 1. The molecule has 100 valence electrons. The Morgan fingerprint density at radius 3 is 2.60 bits per heavy atom. The molecular formula is C15H12N2O3. The summed E-state index contributed by atoms with van der Waals surface area (Å²) in [6.45, 7) is 1.89. The number of aromatic carboxylic acids is 1. The van der Waals surface area contributed by atoms with Gasteiger partial charge in [-0.15, -0.1) is 0 Å². The molecule has 0 aliphatic rings. The van der Waals surface area contributed by atoms with Gasteiger partial charge in [-0.05, 0) is 36.8 Å². The van der Waals surface area contributed by atoms with E-state index < -0.39 is 11.4 Å². The Kier molecular flexibility index (Phi) is 2.68. The van der Waals surface area contributed by atoms with Crippen LogP contribution in [0.2, 0.25) is 0 Å². The Labute approximate surface area is 114 Å². The molecule has 0 unspecified atom stereocenters. The van der Waals surface area contributed by atoms with Crippen molar-refractivity contribution in [3.63, 3.8) is 0 Å². The number of hydrogen-bond acceptors (Lipinski definition) is 2. The van der Waals surface area contributed by atoms with E-state index in [2.05, 4.69) is 4.98 Å². The fourth-order valence-corrected chi connectivity index (χ4v) is 2.30. The van der Waals surface area contributed by atoms with Crippen LogP contribution in [0.5, 0.6) is 0 Å². The molecule has 3 aromatic rings. The van der Waals surface area contributed by atoms with E-state index in [-0.39, 0.29) is 5.56 Å². The summed E-state index contributed by atoms with van der Waals surface area (Å²) < 4.78 is 1.94. The molecule has 2 N–H and O–H groups in total. The summed E-state index contributed by atoms with van der Waals surface area (Å²) >= 11 is 0. The third-order valence-electron chi connectivity index (χ3n) is 3.31. The van der Waals surface area contributed by atoms with E-state index in [1.54, 1.807) is 6.07 Å². The average Bonchev–Trinajstić information content (AvgIpc) is 2.92. The fraction of sp³-hybridized carbons (Fsp3) is 0.0667. The predicted octanol–water partition coefficient (Wildman–Crippen LogP) is 2.33. The van der Waals surface area contributed by atoms with Crippen LogP contribution >= 0.6 is 0 Å². The van der Waals surface area contributed by atoms with Crippen molar-refractivity contribution >= 4 is 16.9 Å². The molecule has 1 aromatic carbocycles. The maximum absolute atomic E-state index is 12.1. The molecule has 0 atom stereocenters. The van der Waals surface area contributed by atoms with Gasteiger partial charge in [-0.3, -0.25) is 4.79 Å². The quantitative estimate of drug-likeness (QED) is 0.749. The van der Waals surface area contributed by atoms with Gasteiger partial charge in [0.15, 0.2) is 0 Å². The van der Waals surface area contributed by atoms with Gasteiger partial charge in [0.1, 0.15) is 5.56 Å². The van der Waals surface area contributed by atoms with Crippen LogP contribution in [0.15, 0.2) is 47.7 Å². The number of carboxylic acids is 1. The van der Waals surface area contributed by atoms with Crippen LogP contribution in [0, 0.1) is 6.92 Å². The summed E-state index contributed by atoms with van der Waals surface area (Å²) in [5, 5.41) is 9.36. The number of nitrogens with zero attached hydrogens (tertiary/aromatic N) is 1. The third kappa shape index (κ3) is 1.80. The molecule has 0 saturated heterocycles. The van der Waals surface area contributed by atoms with E-state index in [4.69, 9.17) is 5.11 Å². The van der Waals surface area contributed by atoms with Crippen LogP contribution in [0.25, 0.3) is 16.6 Å². The van der Waals surface area contributed by atoms with Gasteiger partial charge in [-0.2, -0.15) is 0 Å². The molecule has 0 radical (unpaired) electrons. The molecule has 5 heteroatoms. The number of aromatic amines is 1. The molecule has 0 aliphatic heterocycles. The number of fused-ring (bicyclic) bond motifs is 1. The Balaban J connectivity index is 2.32. The standard InChI is InChI=1S/C15H12N2O3/c1-9-6-10-12(7-13(9)17-4-2-3-5-17)16-8-11(14(10)18)15(19)20/h2-8H,1H3,(H,16,18)(H,19,20). The first-order valence-electron chi connectivity index (χ1n) is 6.10.